The lowest BCUT2D eigenvalue weighted by molar-refractivity contribution is 0.529. The van der Waals surface area contributed by atoms with Gasteiger partial charge < -0.3 is 9.88 Å². The van der Waals surface area contributed by atoms with Crippen molar-refractivity contribution in [3.8, 4) is 0 Å². The molecule has 0 saturated heterocycles. The zero-order valence-corrected chi connectivity index (χ0v) is 12.6. The molecule has 21 heavy (non-hydrogen) atoms. The molecule has 108 valence electrons. The summed E-state index contributed by atoms with van der Waals surface area (Å²) in [6, 6.07) is 15.5. The van der Waals surface area contributed by atoms with Gasteiger partial charge in [0.15, 0.2) is 0 Å². The summed E-state index contributed by atoms with van der Waals surface area (Å²) >= 11 is 0. The largest absolute Gasteiger partial charge is 0.338 e. The van der Waals surface area contributed by atoms with E-state index in [4.69, 9.17) is 0 Å². The van der Waals surface area contributed by atoms with Crippen molar-refractivity contribution in [2.45, 2.75) is 19.4 Å². The van der Waals surface area contributed by atoms with Gasteiger partial charge in [0.05, 0.1) is 0 Å². The van der Waals surface area contributed by atoms with Crippen molar-refractivity contribution in [1.82, 2.24) is 14.9 Å². The van der Waals surface area contributed by atoms with Gasteiger partial charge in [-0.2, -0.15) is 0 Å². The zero-order chi connectivity index (χ0) is 14.7. The van der Waals surface area contributed by atoms with Gasteiger partial charge in [-0.05, 0) is 28.9 Å². The number of nitrogens with zero attached hydrogens (tertiary/aromatic N) is 2. The molecule has 0 spiro atoms. The third kappa shape index (κ3) is 2.98. The van der Waals surface area contributed by atoms with Crippen LogP contribution >= 0.6 is 0 Å². The summed E-state index contributed by atoms with van der Waals surface area (Å²) in [7, 11) is 2.05. The van der Waals surface area contributed by atoms with Gasteiger partial charge in [0.1, 0.15) is 5.82 Å². The van der Waals surface area contributed by atoms with Crippen LogP contribution in [0.4, 0.5) is 0 Å². The van der Waals surface area contributed by atoms with E-state index in [-0.39, 0.29) is 0 Å². The van der Waals surface area contributed by atoms with Crippen LogP contribution in [0, 0.1) is 0 Å². The topological polar surface area (TPSA) is 29.9 Å². The van der Waals surface area contributed by atoms with Crippen LogP contribution in [0.25, 0.3) is 10.8 Å². The summed E-state index contributed by atoms with van der Waals surface area (Å²) in [5.41, 5.74) is 1.32. The number of rotatable bonds is 5. The van der Waals surface area contributed by atoms with E-state index in [2.05, 4.69) is 64.3 Å². The Morgan fingerprint density at radius 3 is 2.67 bits per heavy atom. The fourth-order valence-corrected chi connectivity index (χ4v) is 2.75. The standard InChI is InChI=1S/C18H21N3/c1-3-19-17(13-18-20-10-11-21(18)2)16-9-8-14-6-4-5-7-15(14)12-16/h4-12,17,19H,3,13H2,1-2H3. The van der Waals surface area contributed by atoms with E-state index < -0.39 is 0 Å². The number of aryl methyl sites for hydroxylation is 1. The zero-order valence-electron chi connectivity index (χ0n) is 12.6. The van der Waals surface area contributed by atoms with Crippen LogP contribution in [0.3, 0.4) is 0 Å². The summed E-state index contributed by atoms with van der Waals surface area (Å²) in [5, 5.41) is 6.15. The Bertz CT molecular complexity index is 730. The number of aromatic nitrogens is 2. The molecular formula is C18H21N3. The lowest BCUT2D eigenvalue weighted by atomic mass is 9.99. The minimum atomic E-state index is 0.292. The molecule has 3 nitrogen and oxygen atoms in total. The Hall–Kier alpha value is -2.13. The van der Waals surface area contributed by atoms with Gasteiger partial charge in [0.25, 0.3) is 0 Å². The highest BCUT2D eigenvalue weighted by Crippen LogP contribution is 2.22. The van der Waals surface area contributed by atoms with Crippen molar-refractivity contribution < 1.29 is 0 Å². The summed E-state index contributed by atoms with van der Waals surface area (Å²) in [5.74, 6) is 1.11. The fraction of sp³-hybridized carbons (Fsp3) is 0.278. The molecule has 1 aromatic heterocycles. The number of imidazole rings is 1. The third-order valence-corrected chi connectivity index (χ3v) is 3.93. The molecule has 3 rings (SSSR count). The molecule has 0 bridgehead atoms. The van der Waals surface area contributed by atoms with Crippen LogP contribution in [-0.2, 0) is 13.5 Å². The molecular weight excluding hydrogens is 258 g/mol. The number of likely N-dealkylation sites (N-methyl/N-ethyl adjacent to an activating group) is 1. The maximum Gasteiger partial charge on any atom is 0.110 e. The molecule has 0 saturated carbocycles. The number of hydrogen-bond acceptors (Lipinski definition) is 2. The van der Waals surface area contributed by atoms with Crippen LogP contribution < -0.4 is 5.32 Å². The minimum Gasteiger partial charge on any atom is -0.338 e. The molecule has 1 unspecified atom stereocenters. The second-order valence-corrected chi connectivity index (χ2v) is 5.38. The Balaban J connectivity index is 1.93. The van der Waals surface area contributed by atoms with Crippen LogP contribution in [0.2, 0.25) is 0 Å². The molecule has 0 aliphatic carbocycles. The highest BCUT2D eigenvalue weighted by molar-refractivity contribution is 5.83. The lowest BCUT2D eigenvalue weighted by Crippen LogP contribution is -2.24. The van der Waals surface area contributed by atoms with Gasteiger partial charge in [-0.3, -0.25) is 0 Å². The average Bonchev–Trinajstić information content (AvgIpc) is 2.91. The smallest absolute Gasteiger partial charge is 0.110 e. The number of benzene rings is 2. The van der Waals surface area contributed by atoms with E-state index in [0.717, 1.165) is 18.8 Å². The molecule has 0 fully saturated rings. The monoisotopic (exact) mass is 279 g/mol. The molecule has 0 amide bonds. The Labute approximate surface area is 125 Å². The van der Waals surface area contributed by atoms with Crippen molar-refractivity contribution in [3.63, 3.8) is 0 Å². The quantitative estimate of drug-likeness (QED) is 0.775. The van der Waals surface area contributed by atoms with Crippen molar-refractivity contribution >= 4 is 10.8 Å². The maximum atomic E-state index is 4.45. The van der Waals surface area contributed by atoms with Crippen LogP contribution in [0.1, 0.15) is 24.4 Å². The minimum absolute atomic E-state index is 0.292. The Morgan fingerprint density at radius 1 is 1.14 bits per heavy atom. The van der Waals surface area contributed by atoms with Crippen LogP contribution in [-0.4, -0.2) is 16.1 Å². The summed E-state index contributed by atoms with van der Waals surface area (Å²) in [6.07, 6.45) is 4.76. The van der Waals surface area contributed by atoms with Gasteiger partial charge in [0.2, 0.25) is 0 Å². The van der Waals surface area contributed by atoms with Gasteiger partial charge in [-0.25, -0.2) is 4.98 Å². The molecule has 2 aromatic carbocycles. The van der Waals surface area contributed by atoms with E-state index in [9.17, 15) is 0 Å². The SMILES string of the molecule is CCNC(Cc1nccn1C)c1ccc2ccccc2c1. The predicted octanol–water partition coefficient (Wildman–Crippen LogP) is 3.47. The molecule has 1 N–H and O–H groups in total. The van der Waals surface area contributed by atoms with Crippen LogP contribution in [0.15, 0.2) is 54.9 Å². The van der Waals surface area contributed by atoms with Crippen LogP contribution in [0.5, 0.6) is 0 Å². The van der Waals surface area contributed by atoms with Gasteiger partial charge >= 0.3 is 0 Å². The predicted molar refractivity (Wildman–Crippen MR) is 87.3 cm³/mol. The fourth-order valence-electron chi connectivity index (χ4n) is 2.75. The Kier molecular flexibility index (Phi) is 4.02. The maximum absolute atomic E-state index is 4.45. The highest BCUT2D eigenvalue weighted by atomic mass is 15.0. The van der Waals surface area contributed by atoms with E-state index in [1.807, 2.05) is 19.4 Å². The summed E-state index contributed by atoms with van der Waals surface area (Å²) in [6.45, 7) is 3.09. The molecule has 0 aliphatic rings. The Morgan fingerprint density at radius 2 is 1.95 bits per heavy atom. The second-order valence-electron chi connectivity index (χ2n) is 5.38. The normalized spacial score (nSPS) is 12.7. The van der Waals surface area contributed by atoms with Gasteiger partial charge in [-0.15, -0.1) is 0 Å². The second kappa shape index (κ2) is 6.10. The first kappa shape index (κ1) is 13.8. The first-order chi connectivity index (χ1) is 10.3. The van der Waals surface area contributed by atoms with E-state index >= 15 is 0 Å². The number of nitrogens with one attached hydrogen (secondary N) is 1. The molecule has 3 heteroatoms. The highest BCUT2D eigenvalue weighted by Gasteiger charge is 2.14. The van der Waals surface area contributed by atoms with Crippen molar-refractivity contribution in [1.29, 1.82) is 0 Å². The average molecular weight is 279 g/mol. The number of fused-ring (bicyclic) bond motifs is 1. The van der Waals surface area contributed by atoms with Crippen molar-refractivity contribution in [2.24, 2.45) is 7.05 Å². The van der Waals surface area contributed by atoms with Gasteiger partial charge in [0, 0.05) is 31.9 Å². The number of hydrogen-bond donors (Lipinski definition) is 1. The van der Waals surface area contributed by atoms with Gasteiger partial charge in [-0.1, -0.05) is 43.3 Å². The molecule has 0 aliphatic heterocycles. The molecule has 3 aromatic rings. The summed E-state index contributed by atoms with van der Waals surface area (Å²) < 4.78 is 2.09. The van der Waals surface area contributed by atoms with E-state index in [1.54, 1.807) is 0 Å². The molecule has 0 radical (unpaired) electrons. The first-order valence-corrected chi connectivity index (χ1v) is 7.46. The lowest BCUT2D eigenvalue weighted by Gasteiger charge is -2.19. The third-order valence-electron chi connectivity index (χ3n) is 3.93. The van der Waals surface area contributed by atoms with E-state index in [0.29, 0.717) is 6.04 Å². The van der Waals surface area contributed by atoms with Crippen molar-refractivity contribution in [3.05, 3.63) is 66.2 Å². The van der Waals surface area contributed by atoms with E-state index in [1.165, 1.54) is 16.3 Å². The van der Waals surface area contributed by atoms with Crippen molar-refractivity contribution in [2.75, 3.05) is 6.54 Å². The summed E-state index contributed by atoms with van der Waals surface area (Å²) in [4.78, 5) is 4.45. The first-order valence-electron chi connectivity index (χ1n) is 7.46. The molecule has 1 atom stereocenters. The molecule has 1 heterocycles.